The first-order valence-corrected chi connectivity index (χ1v) is 6.30. The Hall–Kier alpha value is -0.860. The zero-order chi connectivity index (χ0) is 11.2. The first-order valence-electron chi connectivity index (χ1n) is 6.30. The summed E-state index contributed by atoms with van der Waals surface area (Å²) in [6.45, 7) is 2.30. The van der Waals surface area contributed by atoms with Crippen LogP contribution in [-0.2, 0) is 12.0 Å². The van der Waals surface area contributed by atoms with Crippen LogP contribution >= 0.6 is 0 Å². The van der Waals surface area contributed by atoms with E-state index in [2.05, 4.69) is 48.7 Å². The molecule has 1 aliphatic carbocycles. The summed E-state index contributed by atoms with van der Waals surface area (Å²) in [5.41, 5.74) is 7.02. The van der Waals surface area contributed by atoms with Crippen molar-refractivity contribution in [3.05, 3.63) is 35.4 Å². The van der Waals surface area contributed by atoms with Gasteiger partial charge in [-0.25, -0.2) is 10.4 Å². The smallest absolute Gasteiger partial charge is 0.0592 e. The van der Waals surface area contributed by atoms with Crippen molar-refractivity contribution in [3.8, 4) is 0 Å². The van der Waals surface area contributed by atoms with Gasteiger partial charge in [0.15, 0.2) is 0 Å². The van der Waals surface area contributed by atoms with Gasteiger partial charge >= 0.3 is 0 Å². The third-order valence-electron chi connectivity index (χ3n) is 4.28. The largest absolute Gasteiger partial charge is 0.245 e. The Morgan fingerprint density at radius 3 is 2.94 bits per heavy atom. The van der Waals surface area contributed by atoms with E-state index in [0.717, 1.165) is 0 Å². The van der Waals surface area contributed by atoms with Crippen LogP contribution in [0.2, 0.25) is 0 Å². The summed E-state index contributed by atoms with van der Waals surface area (Å²) < 4.78 is 0. The van der Waals surface area contributed by atoms with Crippen LogP contribution in [0.3, 0.4) is 0 Å². The molecule has 1 fully saturated rings. The molecule has 16 heavy (non-hydrogen) atoms. The summed E-state index contributed by atoms with van der Waals surface area (Å²) in [6, 6.07) is 9.58. The van der Waals surface area contributed by atoms with Gasteiger partial charge in [-0.3, -0.25) is 0 Å². The maximum absolute atomic E-state index is 3.71. The molecule has 2 heteroatoms. The predicted octanol–water partition coefficient (Wildman–Crippen LogP) is 2.45. The van der Waals surface area contributed by atoms with Crippen molar-refractivity contribution in [2.24, 2.45) is 0 Å². The van der Waals surface area contributed by atoms with Gasteiger partial charge in [0.25, 0.3) is 0 Å². The van der Waals surface area contributed by atoms with E-state index in [0.29, 0.717) is 6.04 Å². The average molecular weight is 216 g/mol. The lowest BCUT2D eigenvalue weighted by molar-refractivity contribution is 0.191. The molecular weight excluding hydrogens is 196 g/mol. The highest BCUT2D eigenvalue weighted by molar-refractivity contribution is 5.37. The minimum absolute atomic E-state index is 0.225. The van der Waals surface area contributed by atoms with E-state index in [9.17, 15) is 0 Å². The summed E-state index contributed by atoms with van der Waals surface area (Å²) in [7, 11) is 2.16. The van der Waals surface area contributed by atoms with Gasteiger partial charge in [-0.1, -0.05) is 24.3 Å². The predicted molar refractivity (Wildman–Crippen MR) is 66.0 cm³/mol. The van der Waals surface area contributed by atoms with Gasteiger partial charge in [0.1, 0.15) is 0 Å². The molecule has 3 rings (SSSR count). The molecule has 1 heterocycles. The maximum atomic E-state index is 3.71. The van der Waals surface area contributed by atoms with Crippen LogP contribution in [0, 0.1) is 0 Å². The van der Waals surface area contributed by atoms with Crippen molar-refractivity contribution in [3.63, 3.8) is 0 Å². The zero-order valence-electron chi connectivity index (χ0n) is 10.2. The Bertz CT molecular complexity index is 389. The summed E-state index contributed by atoms with van der Waals surface area (Å²) in [5.74, 6) is 0. The molecule has 2 aliphatic rings. The molecular formula is C14H20N2. The molecule has 1 aromatic rings. The van der Waals surface area contributed by atoms with Crippen molar-refractivity contribution >= 4 is 0 Å². The van der Waals surface area contributed by atoms with E-state index >= 15 is 0 Å². The van der Waals surface area contributed by atoms with Crippen LogP contribution in [0.15, 0.2) is 24.3 Å². The highest BCUT2D eigenvalue weighted by atomic mass is 15.6. The Kier molecular flexibility index (Phi) is 2.30. The molecule has 0 bridgehead atoms. The second-order valence-corrected chi connectivity index (χ2v) is 5.37. The Morgan fingerprint density at radius 1 is 1.38 bits per heavy atom. The van der Waals surface area contributed by atoms with Gasteiger partial charge in [0.05, 0.1) is 5.54 Å². The van der Waals surface area contributed by atoms with Crippen molar-refractivity contribution in [1.82, 2.24) is 10.4 Å². The first-order chi connectivity index (χ1) is 7.71. The SMILES string of the molecule is CC1CC2(CCCc3ccccc32)NN1C. The molecule has 0 saturated carbocycles. The fraction of sp³-hybridized carbons (Fsp3) is 0.571. The number of hydrogen-bond donors (Lipinski definition) is 1. The number of hydrazine groups is 1. The molecule has 0 amide bonds. The van der Waals surface area contributed by atoms with Gasteiger partial charge in [-0.15, -0.1) is 0 Å². The first kappa shape index (κ1) is 10.3. The Labute approximate surface area is 97.6 Å². The van der Waals surface area contributed by atoms with E-state index in [1.165, 1.54) is 31.2 Å². The second kappa shape index (κ2) is 3.57. The number of hydrogen-bond acceptors (Lipinski definition) is 2. The lowest BCUT2D eigenvalue weighted by Crippen LogP contribution is -2.44. The van der Waals surface area contributed by atoms with E-state index in [1.54, 1.807) is 5.56 Å². The van der Waals surface area contributed by atoms with E-state index in [1.807, 2.05) is 0 Å². The number of fused-ring (bicyclic) bond motifs is 2. The van der Waals surface area contributed by atoms with E-state index in [-0.39, 0.29) is 5.54 Å². The molecule has 2 nitrogen and oxygen atoms in total. The van der Waals surface area contributed by atoms with E-state index in [4.69, 9.17) is 0 Å². The third-order valence-corrected chi connectivity index (χ3v) is 4.28. The van der Waals surface area contributed by atoms with Crippen LogP contribution in [0.25, 0.3) is 0 Å². The lowest BCUT2D eigenvalue weighted by atomic mass is 9.75. The summed E-state index contributed by atoms with van der Waals surface area (Å²) in [6.07, 6.45) is 5.07. The molecule has 0 radical (unpaired) electrons. The molecule has 1 aliphatic heterocycles. The molecule has 2 atom stereocenters. The average Bonchev–Trinajstić information content (AvgIpc) is 2.56. The van der Waals surface area contributed by atoms with Crippen LogP contribution in [0.5, 0.6) is 0 Å². The topological polar surface area (TPSA) is 15.3 Å². The van der Waals surface area contributed by atoms with Crippen LogP contribution in [0.4, 0.5) is 0 Å². The van der Waals surface area contributed by atoms with Gasteiger partial charge in [-0.2, -0.15) is 0 Å². The normalized spacial score (nSPS) is 34.2. The van der Waals surface area contributed by atoms with E-state index < -0.39 is 0 Å². The Morgan fingerprint density at radius 2 is 2.19 bits per heavy atom. The molecule has 1 aromatic carbocycles. The number of aryl methyl sites for hydroxylation is 1. The zero-order valence-corrected chi connectivity index (χ0v) is 10.2. The quantitative estimate of drug-likeness (QED) is 0.716. The molecule has 1 saturated heterocycles. The van der Waals surface area contributed by atoms with Crippen LogP contribution in [-0.4, -0.2) is 18.1 Å². The Balaban J connectivity index is 2.05. The van der Waals surface area contributed by atoms with Gasteiger partial charge in [0.2, 0.25) is 0 Å². The van der Waals surface area contributed by atoms with Crippen molar-refractivity contribution in [1.29, 1.82) is 0 Å². The molecule has 1 N–H and O–H groups in total. The van der Waals surface area contributed by atoms with Gasteiger partial charge in [0, 0.05) is 13.1 Å². The van der Waals surface area contributed by atoms with Gasteiger partial charge in [-0.05, 0) is 43.7 Å². The van der Waals surface area contributed by atoms with Crippen molar-refractivity contribution in [2.45, 2.75) is 44.2 Å². The molecule has 1 spiro atoms. The fourth-order valence-corrected chi connectivity index (χ4v) is 3.38. The molecule has 86 valence electrons. The highest BCUT2D eigenvalue weighted by Gasteiger charge is 2.43. The highest BCUT2D eigenvalue weighted by Crippen LogP contribution is 2.42. The number of rotatable bonds is 0. The lowest BCUT2D eigenvalue weighted by Gasteiger charge is -2.36. The van der Waals surface area contributed by atoms with Crippen molar-refractivity contribution in [2.75, 3.05) is 7.05 Å². The minimum atomic E-state index is 0.225. The molecule has 2 unspecified atom stereocenters. The monoisotopic (exact) mass is 216 g/mol. The molecule has 0 aromatic heterocycles. The van der Waals surface area contributed by atoms with Gasteiger partial charge < -0.3 is 0 Å². The van der Waals surface area contributed by atoms with Crippen LogP contribution < -0.4 is 5.43 Å². The fourth-order valence-electron chi connectivity index (χ4n) is 3.38. The van der Waals surface area contributed by atoms with Crippen molar-refractivity contribution < 1.29 is 0 Å². The number of benzene rings is 1. The number of nitrogens with one attached hydrogen (secondary N) is 1. The van der Waals surface area contributed by atoms with Crippen LogP contribution in [0.1, 0.15) is 37.3 Å². The second-order valence-electron chi connectivity index (χ2n) is 5.37. The number of nitrogens with zero attached hydrogens (tertiary/aromatic N) is 1. The third kappa shape index (κ3) is 1.40. The summed E-state index contributed by atoms with van der Waals surface area (Å²) in [5, 5.41) is 2.28. The summed E-state index contributed by atoms with van der Waals surface area (Å²) >= 11 is 0. The minimum Gasteiger partial charge on any atom is -0.245 e. The standard InChI is InChI=1S/C14H20N2/c1-11-10-14(15-16(11)2)9-5-7-12-6-3-4-8-13(12)14/h3-4,6,8,11,15H,5,7,9-10H2,1-2H3. The summed E-state index contributed by atoms with van der Waals surface area (Å²) in [4.78, 5) is 0. The maximum Gasteiger partial charge on any atom is 0.0592 e.